The molecule has 3 nitrogen and oxygen atoms in total. The molecule has 0 saturated heterocycles. The normalized spacial score (nSPS) is 13.7. The first-order valence-electron chi connectivity index (χ1n) is 5.27. The maximum atomic E-state index is 5.53. The Morgan fingerprint density at radius 1 is 1.38 bits per heavy atom. The van der Waals surface area contributed by atoms with Crippen molar-refractivity contribution in [1.82, 2.24) is 5.43 Å². The first-order chi connectivity index (χ1) is 7.83. The third kappa shape index (κ3) is 3.35. The van der Waals surface area contributed by atoms with Gasteiger partial charge in [-0.05, 0) is 12.5 Å². The molecule has 0 spiro atoms. The van der Waals surface area contributed by atoms with Gasteiger partial charge in [0.2, 0.25) is 0 Å². The third-order valence-corrected chi connectivity index (χ3v) is 2.46. The summed E-state index contributed by atoms with van der Waals surface area (Å²) in [6, 6.07) is 10.0. The van der Waals surface area contributed by atoms with Crippen LogP contribution in [0.1, 0.15) is 25.0 Å². The predicted molar refractivity (Wildman–Crippen MR) is 65.4 cm³/mol. The number of hydrogen-bond donors (Lipinski definition) is 2. The number of nitrogens with two attached hydrogens (primary N) is 1. The minimum Gasteiger partial charge on any atom is -0.375 e. The molecule has 16 heavy (non-hydrogen) atoms. The van der Waals surface area contributed by atoms with Crippen LogP contribution in [0.15, 0.2) is 30.3 Å². The van der Waals surface area contributed by atoms with Gasteiger partial charge in [0.15, 0.2) is 0 Å². The monoisotopic (exact) mass is 218 g/mol. The van der Waals surface area contributed by atoms with Crippen molar-refractivity contribution < 1.29 is 4.74 Å². The summed E-state index contributed by atoms with van der Waals surface area (Å²) >= 11 is 0. The second kappa shape index (κ2) is 7.02. The fourth-order valence-electron chi connectivity index (χ4n) is 1.64. The molecule has 3 N–H and O–H groups in total. The largest absolute Gasteiger partial charge is 0.375 e. The van der Waals surface area contributed by atoms with Crippen LogP contribution in [0, 0.1) is 11.8 Å². The van der Waals surface area contributed by atoms with Crippen molar-refractivity contribution in [3.05, 3.63) is 35.9 Å². The molecule has 1 aromatic rings. The molecule has 0 fully saturated rings. The van der Waals surface area contributed by atoms with E-state index in [4.69, 9.17) is 10.6 Å². The van der Waals surface area contributed by atoms with E-state index >= 15 is 0 Å². The average molecular weight is 218 g/mol. The zero-order chi connectivity index (χ0) is 11.8. The van der Waals surface area contributed by atoms with Crippen LogP contribution in [0.25, 0.3) is 0 Å². The van der Waals surface area contributed by atoms with Gasteiger partial charge >= 0.3 is 0 Å². The van der Waals surface area contributed by atoms with Crippen molar-refractivity contribution >= 4 is 0 Å². The van der Waals surface area contributed by atoms with Gasteiger partial charge in [0.1, 0.15) is 0 Å². The molecule has 0 aromatic heterocycles. The van der Waals surface area contributed by atoms with Gasteiger partial charge in [0.05, 0.1) is 12.1 Å². The summed E-state index contributed by atoms with van der Waals surface area (Å²) < 4.78 is 5.48. The smallest absolute Gasteiger partial charge is 0.0996 e. The molecule has 3 heteroatoms. The molecule has 2 unspecified atom stereocenters. The van der Waals surface area contributed by atoms with Crippen molar-refractivity contribution in [1.29, 1.82) is 0 Å². The molecule has 1 aromatic carbocycles. The Labute approximate surface area is 97.0 Å². The van der Waals surface area contributed by atoms with Crippen LogP contribution >= 0.6 is 0 Å². The quantitative estimate of drug-likeness (QED) is 0.448. The number of hydrazine groups is 1. The molecule has 0 amide bonds. The summed E-state index contributed by atoms with van der Waals surface area (Å²) in [4.78, 5) is 0. The van der Waals surface area contributed by atoms with Crippen molar-refractivity contribution in [2.45, 2.75) is 25.5 Å². The van der Waals surface area contributed by atoms with E-state index in [2.05, 4.69) is 17.3 Å². The fraction of sp³-hybridized carbons (Fsp3) is 0.385. The van der Waals surface area contributed by atoms with Gasteiger partial charge in [0, 0.05) is 13.5 Å². The number of hydrogen-bond acceptors (Lipinski definition) is 3. The summed E-state index contributed by atoms with van der Waals surface area (Å²) in [6.45, 7) is 1.82. The summed E-state index contributed by atoms with van der Waals surface area (Å²) in [5.74, 6) is 11.4. The molecular weight excluding hydrogens is 200 g/mol. The SMILES string of the molecule is CC#CCC(NN)C(OC)c1ccccc1. The molecule has 0 heterocycles. The Morgan fingerprint density at radius 3 is 2.56 bits per heavy atom. The lowest BCUT2D eigenvalue weighted by Crippen LogP contribution is -2.40. The maximum Gasteiger partial charge on any atom is 0.0996 e. The van der Waals surface area contributed by atoms with Crippen LogP contribution < -0.4 is 11.3 Å². The number of nitrogens with one attached hydrogen (secondary N) is 1. The fourth-order valence-corrected chi connectivity index (χ4v) is 1.64. The summed E-state index contributed by atoms with van der Waals surface area (Å²) in [5, 5.41) is 0. The minimum absolute atomic E-state index is 0.000139. The Morgan fingerprint density at radius 2 is 2.06 bits per heavy atom. The lowest BCUT2D eigenvalue weighted by molar-refractivity contribution is 0.0694. The Kier molecular flexibility index (Phi) is 5.58. The molecule has 0 radical (unpaired) electrons. The molecule has 0 aliphatic rings. The van der Waals surface area contributed by atoms with Gasteiger partial charge in [-0.3, -0.25) is 11.3 Å². The molecule has 0 saturated carbocycles. The minimum atomic E-state index is -0.0768. The first kappa shape index (κ1) is 12.7. The summed E-state index contributed by atoms with van der Waals surface area (Å²) in [7, 11) is 1.68. The maximum absolute atomic E-state index is 5.53. The van der Waals surface area contributed by atoms with Gasteiger partial charge in [-0.15, -0.1) is 11.8 Å². The van der Waals surface area contributed by atoms with Crippen LogP contribution in [0.5, 0.6) is 0 Å². The Bertz CT molecular complexity index is 353. The lowest BCUT2D eigenvalue weighted by atomic mass is 10.0. The van der Waals surface area contributed by atoms with Crippen molar-refractivity contribution in [3.63, 3.8) is 0 Å². The van der Waals surface area contributed by atoms with Crippen LogP contribution in [0.4, 0.5) is 0 Å². The van der Waals surface area contributed by atoms with Gasteiger partial charge in [-0.2, -0.15) is 0 Å². The Balaban J connectivity index is 2.81. The number of rotatable bonds is 5. The standard InChI is InChI=1S/C13H18N2O/c1-3-4-10-12(15-14)13(16-2)11-8-6-5-7-9-11/h5-9,12-13,15H,10,14H2,1-2H3. The van der Waals surface area contributed by atoms with Crippen molar-refractivity contribution in [2.24, 2.45) is 5.84 Å². The van der Waals surface area contributed by atoms with Gasteiger partial charge in [0.25, 0.3) is 0 Å². The number of methoxy groups -OCH3 is 1. The average Bonchev–Trinajstić information content (AvgIpc) is 2.35. The summed E-state index contributed by atoms with van der Waals surface area (Å²) in [6.07, 6.45) is 0.590. The molecule has 1 rings (SSSR count). The van der Waals surface area contributed by atoms with Crippen molar-refractivity contribution in [3.8, 4) is 11.8 Å². The van der Waals surface area contributed by atoms with E-state index < -0.39 is 0 Å². The molecule has 2 atom stereocenters. The highest BCUT2D eigenvalue weighted by atomic mass is 16.5. The van der Waals surface area contributed by atoms with E-state index in [9.17, 15) is 0 Å². The zero-order valence-corrected chi connectivity index (χ0v) is 9.73. The van der Waals surface area contributed by atoms with E-state index in [0.717, 1.165) is 5.56 Å². The highest BCUT2D eigenvalue weighted by molar-refractivity contribution is 5.20. The van der Waals surface area contributed by atoms with E-state index in [0.29, 0.717) is 6.42 Å². The zero-order valence-electron chi connectivity index (χ0n) is 9.73. The van der Waals surface area contributed by atoms with Crippen LogP contribution in [-0.4, -0.2) is 13.2 Å². The highest BCUT2D eigenvalue weighted by Crippen LogP contribution is 2.21. The highest BCUT2D eigenvalue weighted by Gasteiger charge is 2.20. The van der Waals surface area contributed by atoms with E-state index in [1.54, 1.807) is 7.11 Å². The summed E-state index contributed by atoms with van der Waals surface area (Å²) in [5.41, 5.74) is 3.86. The first-order valence-corrected chi connectivity index (χ1v) is 5.27. The topological polar surface area (TPSA) is 47.3 Å². The van der Waals surface area contributed by atoms with Gasteiger partial charge < -0.3 is 4.74 Å². The number of benzene rings is 1. The molecular formula is C13H18N2O. The van der Waals surface area contributed by atoms with Crippen LogP contribution in [0.2, 0.25) is 0 Å². The predicted octanol–water partition coefficient (Wildman–Crippen LogP) is 1.62. The lowest BCUT2D eigenvalue weighted by Gasteiger charge is -2.24. The molecule has 0 aliphatic carbocycles. The second-order valence-electron chi connectivity index (χ2n) is 3.47. The van der Waals surface area contributed by atoms with Gasteiger partial charge in [-0.25, -0.2) is 0 Å². The third-order valence-electron chi connectivity index (χ3n) is 2.46. The van der Waals surface area contributed by atoms with Crippen molar-refractivity contribution in [2.75, 3.05) is 7.11 Å². The van der Waals surface area contributed by atoms with Crippen LogP contribution in [-0.2, 0) is 4.74 Å². The van der Waals surface area contributed by atoms with E-state index in [-0.39, 0.29) is 12.1 Å². The van der Waals surface area contributed by atoms with Crippen LogP contribution in [0.3, 0.4) is 0 Å². The molecule has 0 aliphatic heterocycles. The number of ether oxygens (including phenoxy) is 1. The second-order valence-corrected chi connectivity index (χ2v) is 3.47. The molecule has 86 valence electrons. The van der Waals surface area contributed by atoms with E-state index in [1.807, 2.05) is 37.3 Å². The molecule has 0 bridgehead atoms. The van der Waals surface area contributed by atoms with Gasteiger partial charge in [-0.1, -0.05) is 30.3 Å². The van der Waals surface area contributed by atoms with E-state index in [1.165, 1.54) is 0 Å². The Hall–Kier alpha value is -1.34.